The van der Waals surface area contributed by atoms with Gasteiger partial charge in [-0.15, -0.1) is 0 Å². The van der Waals surface area contributed by atoms with Crippen molar-refractivity contribution in [3.63, 3.8) is 0 Å². The Morgan fingerprint density at radius 1 is 1.58 bits per heavy atom. The fourth-order valence-electron chi connectivity index (χ4n) is 1.65. The maximum atomic E-state index is 11.6. The van der Waals surface area contributed by atoms with Crippen molar-refractivity contribution >= 4 is 11.9 Å². The van der Waals surface area contributed by atoms with E-state index in [9.17, 15) is 14.9 Å². The average molecular weight is 270 g/mol. The van der Waals surface area contributed by atoms with Crippen LogP contribution >= 0.6 is 0 Å². The molecule has 7 nitrogen and oxygen atoms in total. The number of hydrogen-bond acceptors (Lipinski definition) is 6. The van der Waals surface area contributed by atoms with Crippen LogP contribution in [0.4, 0.5) is 5.88 Å². The summed E-state index contributed by atoms with van der Waals surface area (Å²) in [6.45, 7) is 4.14. The van der Waals surface area contributed by atoms with Crippen LogP contribution in [0.5, 0.6) is 0 Å². The first-order chi connectivity index (χ1) is 8.99. The van der Waals surface area contributed by atoms with Gasteiger partial charge in [0.1, 0.15) is 16.7 Å². The van der Waals surface area contributed by atoms with E-state index in [-0.39, 0.29) is 24.3 Å². The Balaban J connectivity index is 2.64. The summed E-state index contributed by atoms with van der Waals surface area (Å²) < 4.78 is 9.74. The number of carbonyl (C=O) groups excluding carboxylic acids is 1. The highest BCUT2D eigenvalue weighted by Gasteiger charge is 2.24. The van der Waals surface area contributed by atoms with Crippen LogP contribution < -0.4 is 5.32 Å². The van der Waals surface area contributed by atoms with Gasteiger partial charge in [-0.3, -0.25) is 20.2 Å². The summed E-state index contributed by atoms with van der Waals surface area (Å²) in [6, 6.07) is 2.34. The maximum Gasteiger partial charge on any atom is 0.433 e. The number of nitro groups is 1. The quantitative estimate of drug-likeness (QED) is 0.461. The molecule has 0 aliphatic heterocycles. The standard InChI is InChI=1S/C12H18N2O5/c1-4-8(2)11(12(15)18-3)13-7-9-5-6-10(19-9)14(16)17/h5-6,8,11,13H,4,7H2,1-3H3. The topological polar surface area (TPSA) is 94.6 Å². The van der Waals surface area contributed by atoms with E-state index in [2.05, 4.69) is 5.32 Å². The van der Waals surface area contributed by atoms with Gasteiger partial charge in [0.15, 0.2) is 0 Å². The van der Waals surface area contributed by atoms with Gasteiger partial charge in [-0.1, -0.05) is 20.3 Å². The molecule has 0 aromatic carbocycles. The molecular weight excluding hydrogens is 252 g/mol. The molecule has 0 saturated carbocycles. The second-order valence-electron chi connectivity index (χ2n) is 4.26. The van der Waals surface area contributed by atoms with Crippen LogP contribution in [0.3, 0.4) is 0 Å². The van der Waals surface area contributed by atoms with E-state index in [4.69, 9.17) is 9.15 Å². The largest absolute Gasteiger partial charge is 0.468 e. The number of methoxy groups -OCH3 is 1. The Hall–Kier alpha value is -1.89. The number of carbonyl (C=O) groups is 1. The van der Waals surface area contributed by atoms with Gasteiger partial charge in [-0.05, 0) is 12.0 Å². The third kappa shape index (κ3) is 4.06. The summed E-state index contributed by atoms with van der Waals surface area (Å²) in [4.78, 5) is 21.5. The minimum Gasteiger partial charge on any atom is -0.468 e. The average Bonchev–Trinajstić information content (AvgIpc) is 2.87. The van der Waals surface area contributed by atoms with Crippen LogP contribution in [0.15, 0.2) is 16.5 Å². The monoisotopic (exact) mass is 270 g/mol. The molecule has 106 valence electrons. The Morgan fingerprint density at radius 2 is 2.26 bits per heavy atom. The fourth-order valence-corrected chi connectivity index (χ4v) is 1.65. The summed E-state index contributed by atoms with van der Waals surface area (Å²) in [6.07, 6.45) is 0.811. The van der Waals surface area contributed by atoms with E-state index in [1.165, 1.54) is 19.2 Å². The van der Waals surface area contributed by atoms with E-state index in [1.54, 1.807) is 0 Å². The number of furan rings is 1. The lowest BCUT2D eigenvalue weighted by atomic mass is 9.99. The molecule has 0 saturated heterocycles. The van der Waals surface area contributed by atoms with Crippen LogP contribution in [0, 0.1) is 16.0 Å². The predicted octanol–water partition coefficient (Wildman–Crippen LogP) is 1.87. The Bertz CT molecular complexity index is 443. The summed E-state index contributed by atoms with van der Waals surface area (Å²) in [5.41, 5.74) is 0. The van der Waals surface area contributed by atoms with Gasteiger partial charge in [-0.25, -0.2) is 0 Å². The van der Waals surface area contributed by atoms with Gasteiger partial charge in [0.25, 0.3) is 0 Å². The SMILES string of the molecule is CCC(C)C(NCc1ccc([N+](=O)[O-])o1)C(=O)OC. The van der Waals surface area contributed by atoms with E-state index >= 15 is 0 Å². The second-order valence-corrected chi connectivity index (χ2v) is 4.26. The fraction of sp³-hybridized carbons (Fsp3) is 0.583. The molecule has 0 fully saturated rings. The molecule has 1 N–H and O–H groups in total. The van der Waals surface area contributed by atoms with E-state index in [1.807, 2.05) is 13.8 Å². The van der Waals surface area contributed by atoms with Crippen molar-refractivity contribution in [3.05, 3.63) is 28.0 Å². The van der Waals surface area contributed by atoms with Crippen LogP contribution in [-0.4, -0.2) is 24.0 Å². The highest BCUT2D eigenvalue weighted by atomic mass is 16.6. The zero-order valence-electron chi connectivity index (χ0n) is 11.2. The minimum absolute atomic E-state index is 0.0948. The molecule has 2 unspecified atom stereocenters. The Labute approximate surface area is 111 Å². The molecule has 0 aliphatic carbocycles. The lowest BCUT2D eigenvalue weighted by Gasteiger charge is -2.21. The first-order valence-electron chi connectivity index (χ1n) is 6.03. The predicted molar refractivity (Wildman–Crippen MR) is 67.5 cm³/mol. The molecular formula is C12H18N2O5. The number of ether oxygens (including phenoxy) is 1. The third-order valence-electron chi connectivity index (χ3n) is 2.99. The molecule has 0 bridgehead atoms. The summed E-state index contributed by atoms with van der Waals surface area (Å²) in [7, 11) is 1.33. The minimum atomic E-state index is -0.601. The van der Waals surface area contributed by atoms with Crippen molar-refractivity contribution in [1.82, 2.24) is 5.32 Å². The van der Waals surface area contributed by atoms with Gasteiger partial charge in [0.05, 0.1) is 19.7 Å². The number of hydrogen-bond donors (Lipinski definition) is 1. The van der Waals surface area contributed by atoms with Crippen LogP contribution in [-0.2, 0) is 16.1 Å². The van der Waals surface area contributed by atoms with Crippen molar-refractivity contribution in [1.29, 1.82) is 0 Å². The van der Waals surface area contributed by atoms with Crippen LogP contribution in [0.2, 0.25) is 0 Å². The van der Waals surface area contributed by atoms with Gasteiger partial charge in [-0.2, -0.15) is 0 Å². The molecule has 1 rings (SSSR count). The highest BCUT2D eigenvalue weighted by Crippen LogP contribution is 2.16. The highest BCUT2D eigenvalue weighted by molar-refractivity contribution is 5.75. The van der Waals surface area contributed by atoms with Crippen molar-refractivity contribution in [2.24, 2.45) is 5.92 Å². The molecule has 0 aliphatic rings. The molecule has 1 aromatic heterocycles. The molecule has 0 radical (unpaired) electrons. The molecule has 19 heavy (non-hydrogen) atoms. The van der Waals surface area contributed by atoms with Gasteiger partial charge in [0, 0.05) is 0 Å². The number of rotatable bonds is 7. The lowest BCUT2D eigenvalue weighted by Crippen LogP contribution is -2.42. The van der Waals surface area contributed by atoms with E-state index in [0.717, 1.165) is 6.42 Å². The molecule has 0 spiro atoms. The first kappa shape index (κ1) is 15.2. The van der Waals surface area contributed by atoms with Crippen LogP contribution in [0.1, 0.15) is 26.0 Å². The second kappa shape index (κ2) is 6.89. The number of esters is 1. The van der Waals surface area contributed by atoms with Crippen molar-refractivity contribution in [3.8, 4) is 0 Å². The smallest absolute Gasteiger partial charge is 0.433 e. The lowest BCUT2D eigenvalue weighted by molar-refractivity contribution is -0.402. The van der Waals surface area contributed by atoms with Crippen molar-refractivity contribution < 1.29 is 18.9 Å². The normalized spacial score (nSPS) is 13.8. The molecule has 0 amide bonds. The van der Waals surface area contributed by atoms with Crippen LogP contribution in [0.25, 0.3) is 0 Å². The molecule has 7 heteroatoms. The van der Waals surface area contributed by atoms with Gasteiger partial charge in [0.2, 0.25) is 0 Å². The van der Waals surface area contributed by atoms with E-state index in [0.29, 0.717) is 5.76 Å². The molecule has 2 atom stereocenters. The molecule has 1 heterocycles. The number of nitrogens with zero attached hydrogens (tertiary/aromatic N) is 1. The zero-order valence-corrected chi connectivity index (χ0v) is 11.2. The Kier molecular flexibility index (Phi) is 5.50. The molecule has 1 aromatic rings. The zero-order chi connectivity index (χ0) is 14.4. The summed E-state index contributed by atoms with van der Waals surface area (Å²) in [5, 5.41) is 13.5. The first-order valence-corrected chi connectivity index (χ1v) is 6.03. The number of nitrogens with one attached hydrogen (secondary N) is 1. The van der Waals surface area contributed by atoms with Gasteiger partial charge >= 0.3 is 11.9 Å². The maximum absolute atomic E-state index is 11.6. The van der Waals surface area contributed by atoms with Gasteiger partial charge < -0.3 is 9.15 Å². The van der Waals surface area contributed by atoms with E-state index < -0.39 is 11.0 Å². The van der Waals surface area contributed by atoms with Crippen molar-refractivity contribution in [2.75, 3.05) is 7.11 Å². The third-order valence-corrected chi connectivity index (χ3v) is 2.99. The summed E-state index contributed by atoms with van der Waals surface area (Å²) >= 11 is 0. The summed E-state index contributed by atoms with van der Waals surface area (Å²) in [5.74, 6) is -0.160. The van der Waals surface area contributed by atoms with Crippen molar-refractivity contribution in [2.45, 2.75) is 32.9 Å². The Morgan fingerprint density at radius 3 is 2.74 bits per heavy atom.